The third-order valence-electron chi connectivity index (χ3n) is 14.6. The summed E-state index contributed by atoms with van der Waals surface area (Å²) in [4.78, 5) is 56.7. The maximum absolute atomic E-state index is 14.5. The van der Waals surface area contributed by atoms with Gasteiger partial charge < -0.3 is 38.8 Å². The number of hydrazine groups is 1. The zero-order valence-electron chi connectivity index (χ0n) is 40.0. The van der Waals surface area contributed by atoms with Crippen LogP contribution in [0.5, 0.6) is 0 Å². The molecule has 4 fully saturated rings. The van der Waals surface area contributed by atoms with Crippen molar-refractivity contribution in [2.45, 2.75) is 97.1 Å². The number of hydrogen-bond donors (Lipinski definition) is 2. The Morgan fingerprint density at radius 3 is 2.67 bits per heavy atom. The second-order valence-electron chi connectivity index (χ2n) is 20.0. The van der Waals surface area contributed by atoms with Gasteiger partial charge in [-0.3, -0.25) is 24.5 Å². The first-order valence-electron chi connectivity index (χ1n) is 24.1. The van der Waals surface area contributed by atoms with Crippen molar-refractivity contribution in [1.29, 1.82) is 0 Å². The highest BCUT2D eigenvalue weighted by atomic mass is 16.5. The lowest BCUT2D eigenvalue weighted by Gasteiger charge is -2.44. The smallest absolute Gasteiger partial charge is 0.324 e. The van der Waals surface area contributed by atoms with Crippen LogP contribution in [0, 0.1) is 5.41 Å². The molecule has 4 aromatic rings. The van der Waals surface area contributed by atoms with Gasteiger partial charge in [-0.2, -0.15) is 0 Å². The van der Waals surface area contributed by atoms with E-state index in [1.54, 1.807) is 7.11 Å². The third kappa shape index (κ3) is 9.42. The number of piperazine rings is 2. The highest BCUT2D eigenvalue weighted by molar-refractivity contribution is 5.96. The van der Waals surface area contributed by atoms with E-state index in [-0.39, 0.29) is 37.1 Å². The molecule has 5 atom stereocenters. The van der Waals surface area contributed by atoms with Crippen molar-refractivity contribution in [3.05, 3.63) is 71.5 Å². The lowest BCUT2D eigenvalue weighted by atomic mass is 9.84. The average molecular weight is 904 g/mol. The van der Waals surface area contributed by atoms with Crippen LogP contribution in [0.25, 0.3) is 33.3 Å². The molecule has 0 unspecified atom stereocenters. The van der Waals surface area contributed by atoms with Crippen LogP contribution in [0.3, 0.4) is 0 Å². The monoisotopic (exact) mass is 904 g/mol. The molecule has 2 N–H and O–H groups in total. The van der Waals surface area contributed by atoms with Gasteiger partial charge in [0.05, 0.1) is 55.2 Å². The summed E-state index contributed by atoms with van der Waals surface area (Å²) >= 11 is 0. The number of morpholine rings is 1. The van der Waals surface area contributed by atoms with Crippen molar-refractivity contribution < 1.29 is 28.6 Å². The molecular formula is C51H69N9O6. The number of amides is 3. The molecule has 15 nitrogen and oxygen atoms in total. The van der Waals surface area contributed by atoms with Crippen molar-refractivity contribution >= 4 is 34.5 Å². The number of cyclic esters (lactones) is 1. The quantitative estimate of drug-likeness (QED) is 0.238. The molecule has 0 spiro atoms. The van der Waals surface area contributed by atoms with Crippen LogP contribution < -0.4 is 15.6 Å². The number of esters is 1. The Morgan fingerprint density at radius 2 is 1.86 bits per heavy atom. The number of carbonyl (C=O) groups excluding carboxylic acids is 3. The van der Waals surface area contributed by atoms with Gasteiger partial charge in [-0.1, -0.05) is 44.2 Å². The number of likely N-dealkylation sites (N-methyl/N-ethyl adjacent to an activating group) is 1. The summed E-state index contributed by atoms with van der Waals surface area (Å²) in [6.07, 6.45) is 3.78. The molecule has 0 radical (unpaired) electrons. The summed E-state index contributed by atoms with van der Waals surface area (Å²) in [5.41, 5.74) is 12.1. The largest absolute Gasteiger partial charge is 0.464 e. The van der Waals surface area contributed by atoms with E-state index >= 15 is 0 Å². The maximum Gasteiger partial charge on any atom is 0.324 e. The lowest BCUT2D eigenvalue weighted by Crippen LogP contribution is -2.62. The molecule has 354 valence electrons. The molecule has 7 heterocycles. The minimum Gasteiger partial charge on any atom is -0.464 e. The molecule has 15 heteroatoms. The van der Waals surface area contributed by atoms with Gasteiger partial charge in [0, 0.05) is 100 Å². The Morgan fingerprint density at radius 1 is 1.03 bits per heavy atom. The second kappa shape index (κ2) is 19.3. The topological polar surface area (TPSA) is 137 Å². The lowest BCUT2D eigenvalue weighted by molar-refractivity contribution is -0.155. The van der Waals surface area contributed by atoms with Crippen molar-refractivity contribution in [3.63, 3.8) is 0 Å². The number of ether oxygens (including phenoxy) is 3. The van der Waals surface area contributed by atoms with E-state index in [9.17, 15) is 14.4 Å². The first-order chi connectivity index (χ1) is 31.8. The zero-order chi connectivity index (χ0) is 46.3. The molecule has 2 aromatic carbocycles. The minimum absolute atomic E-state index is 0.0103. The van der Waals surface area contributed by atoms with Gasteiger partial charge in [0.15, 0.2) is 0 Å². The van der Waals surface area contributed by atoms with Crippen LogP contribution in [-0.2, 0) is 43.2 Å². The van der Waals surface area contributed by atoms with Crippen molar-refractivity contribution in [2.24, 2.45) is 5.41 Å². The number of pyridine rings is 1. The number of urea groups is 1. The number of fused-ring (bicyclic) bond motifs is 7. The van der Waals surface area contributed by atoms with Gasteiger partial charge in [-0.05, 0) is 87.5 Å². The van der Waals surface area contributed by atoms with Crippen LogP contribution in [0.4, 0.5) is 10.5 Å². The summed E-state index contributed by atoms with van der Waals surface area (Å²) < 4.78 is 20.6. The zero-order valence-corrected chi connectivity index (χ0v) is 40.0. The Bertz CT molecular complexity index is 2440. The normalized spacial score (nSPS) is 25.0. The standard InChI is InChI=1S/C51H69N9O6/c1-8-58-45-15-14-37-25-40(45)42(47(58)41-26-38(28-52-46(41)34(3)64-7)57-19-18-56-21-22-65-31-39(56)30-57)27-51(4,5)32-66-49(62)43-13-10-16-60(54-43)48(61)44(24-35-11-9-12-36(37)23-35)53-50(63)59-20-17-55(6)29-33(59)2/h9,11-12,14-15,23,25-26,28,33-34,39,43-44,54H,8,10,13,16-22,24,27,29-32H2,1-7H3,(H,53,63)/t33-,34-,39-,43-,44-/m0/s1. The van der Waals surface area contributed by atoms with Gasteiger partial charge in [0.25, 0.3) is 5.91 Å². The van der Waals surface area contributed by atoms with Crippen LogP contribution in [0.2, 0.25) is 0 Å². The SMILES string of the molecule is CCn1c(-c2cc(N3CCN4CCOC[C@@H]4C3)cnc2[C@H](C)OC)c2c3cc(ccc31)-c1cccc(c1)C[C@H](NC(=O)N1CCN(C)C[C@@H]1C)C(=O)N1CCC[C@H](N1)C(=O)OCC(C)(C)C2. The molecule has 4 saturated heterocycles. The van der Waals surface area contributed by atoms with Gasteiger partial charge >= 0.3 is 12.0 Å². The van der Waals surface area contributed by atoms with Gasteiger partial charge in [-0.15, -0.1) is 0 Å². The fourth-order valence-corrected chi connectivity index (χ4v) is 10.8. The van der Waals surface area contributed by atoms with Gasteiger partial charge in [0.1, 0.15) is 12.1 Å². The molecule has 0 aliphatic carbocycles. The number of anilines is 1. The summed E-state index contributed by atoms with van der Waals surface area (Å²) in [6.45, 7) is 19.2. The van der Waals surface area contributed by atoms with E-state index in [0.29, 0.717) is 38.4 Å². The summed E-state index contributed by atoms with van der Waals surface area (Å²) in [5, 5.41) is 5.78. The predicted octanol–water partition coefficient (Wildman–Crippen LogP) is 5.50. The molecule has 2 aromatic heterocycles. The number of carbonyl (C=O) groups is 3. The maximum atomic E-state index is 14.5. The van der Waals surface area contributed by atoms with Crippen molar-refractivity contribution in [1.82, 2.24) is 40.0 Å². The fourth-order valence-electron chi connectivity index (χ4n) is 10.8. The third-order valence-corrected chi connectivity index (χ3v) is 14.6. The van der Waals surface area contributed by atoms with E-state index in [4.69, 9.17) is 19.2 Å². The summed E-state index contributed by atoms with van der Waals surface area (Å²) in [5.74, 6) is -0.670. The number of benzene rings is 2. The van der Waals surface area contributed by atoms with E-state index in [0.717, 1.165) is 115 Å². The highest BCUT2D eigenvalue weighted by Gasteiger charge is 2.37. The molecule has 0 saturated carbocycles. The number of hydrogen-bond acceptors (Lipinski definition) is 11. The fraction of sp³-hybridized carbons (Fsp3) is 0.569. The first-order valence-corrected chi connectivity index (χ1v) is 24.1. The number of nitrogens with zero attached hydrogens (tertiary/aromatic N) is 7. The number of rotatable bonds is 6. The van der Waals surface area contributed by atoms with Crippen LogP contribution in [-0.4, -0.2) is 158 Å². The van der Waals surface area contributed by atoms with Crippen LogP contribution >= 0.6 is 0 Å². The Hall–Kier alpha value is -5.06. The van der Waals surface area contributed by atoms with Crippen LogP contribution in [0.15, 0.2) is 54.7 Å². The summed E-state index contributed by atoms with van der Waals surface area (Å²) in [6, 6.07) is 15.8. The number of aromatic nitrogens is 2. The Balaban J connectivity index is 1.15. The molecular weight excluding hydrogens is 835 g/mol. The van der Waals surface area contributed by atoms with Gasteiger partial charge in [0.2, 0.25) is 0 Å². The van der Waals surface area contributed by atoms with Crippen LogP contribution in [0.1, 0.15) is 70.4 Å². The highest BCUT2D eigenvalue weighted by Crippen LogP contribution is 2.43. The molecule has 9 rings (SSSR count). The molecule has 5 aliphatic rings. The van der Waals surface area contributed by atoms with Crippen molar-refractivity contribution in [2.75, 3.05) is 91.2 Å². The minimum atomic E-state index is -0.872. The van der Waals surface area contributed by atoms with Crippen molar-refractivity contribution in [3.8, 4) is 22.4 Å². The molecule has 3 amide bonds. The summed E-state index contributed by atoms with van der Waals surface area (Å²) in [7, 11) is 3.79. The van der Waals surface area contributed by atoms with E-state index < -0.39 is 23.5 Å². The van der Waals surface area contributed by atoms with E-state index in [1.165, 1.54) is 5.01 Å². The number of methoxy groups -OCH3 is 1. The second-order valence-corrected chi connectivity index (χ2v) is 20.0. The molecule has 5 aliphatic heterocycles. The number of aryl methyl sites for hydroxylation is 1. The van der Waals surface area contributed by atoms with Gasteiger partial charge in [-0.25, -0.2) is 10.2 Å². The van der Waals surface area contributed by atoms with E-state index in [1.807, 2.05) is 30.2 Å². The average Bonchev–Trinajstić information content (AvgIpc) is 3.63. The Labute approximate surface area is 389 Å². The first kappa shape index (κ1) is 46.1. The molecule has 6 bridgehead atoms. The predicted molar refractivity (Wildman–Crippen MR) is 256 cm³/mol. The Kier molecular flexibility index (Phi) is 13.5. The van der Waals surface area contributed by atoms with E-state index in [2.05, 4.69) is 101 Å². The number of nitrogens with one attached hydrogen (secondary N) is 2. The molecule has 66 heavy (non-hydrogen) atoms.